The Bertz CT molecular complexity index is 1540. The zero-order valence-corrected chi connectivity index (χ0v) is 19.6. The van der Waals surface area contributed by atoms with Gasteiger partial charge in [-0.05, 0) is 56.2 Å². The SMILES string of the molecule is Cc1cc(=O)n2c(C(=O)Nc3cccc(C(F)(F)F)c3)c(C(=O)Nc3cccc(C)c3C)sc2n1. The Morgan fingerprint density at radius 2 is 1.69 bits per heavy atom. The van der Waals surface area contributed by atoms with E-state index in [9.17, 15) is 27.6 Å². The number of fused-ring (bicyclic) bond motifs is 1. The van der Waals surface area contributed by atoms with Crippen LogP contribution in [0.2, 0.25) is 0 Å². The summed E-state index contributed by atoms with van der Waals surface area (Å²) in [5, 5.41) is 5.12. The van der Waals surface area contributed by atoms with Crippen molar-refractivity contribution in [3.63, 3.8) is 0 Å². The third-order valence-corrected chi connectivity index (χ3v) is 6.41. The molecule has 0 aliphatic rings. The van der Waals surface area contributed by atoms with E-state index in [2.05, 4.69) is 15.6 Å². The third kappa shape index (κ3) is 4.80. The smallest absolute Gasteiger partial charge is 0.321 e. The average Bonchev–Trinajstić information content (AvgIpc) is 3.16. The van der Waals surface area contributed by atoms with Gasteiger partial charge < -0.3 is 10.6 Å². The summed E-state index contributed by atoms with van der Waals surface area (Å²) in [5.41, 5.74) is 0.673. The molecule has 0 saturated carbocycles. The number of nitrogens with zero attached hydrogens (tertiary/aromatic N) is 2. The summed E-state index contributed by atoms with van der Waals surface area (Å²) < 4.78 is 40.3. The van der Waals surface area contributed by atoms with Crippen LogP contribution in [0.1, 0.15) is 42.5 Å². The summed E-state index contributed by atoms with van der Waals surface area (Å²) in [5.74, 6) is -1.57. The second-order valence-electron chi connectivity index (χ2n) is 7.87. The predicted molar refractivity (Wildman–Crippen MR) is 127 cm³/mol. The lowest BCUT2D eigenvalue weighted by Crippen LogP contribution is -2.25. The number of thiazole rings is 1. The minimum atomic E-state index is -4.61. The van der Waals surface area contributed by atoms with E-state index in [1.54, 1.807) is 19.1 Å². The van der Waals surface area contributed by atoms with Crippen molar-refractivity contribution in [3.8, 4) is 0 Å². The predicted octanol–water partition coefficient (Wildman–Crippen LogP) is 5.20. The van der Waals surface area contributed by atoms with Crippen molar-refractivity contribution >= 4 is 39.5 Å². The first-order chi connectivity index (χ1) is 16.5. The highest BCUT2D eigenvalue weighted by Crippen LogP contribution is 2.31. The van der Waals surface area contributed by atoms with Crippen LogP contribution in [0, 0.1) is 20.8 Å². The molecule has 35 heavy (non-hydrogen) atoms. The van der Waals surface area contributed by atoms with E-state index in [-0.39, 0.29) is 21.2 Å². The fourth-order valence-electron chi connectivity index (χ4n) is 3.47. The van der Waals surface area contributed by atoms with Gasteiger partial charge in [0.15, 0.2) is 4.96 Å². The molecule has 0 aliphatic heterocycles. The maximum atomic E-state index is 13.2. The number of carbonyl (C=O) groups excluding carboxylic acids is 2. The van der Waals surface area contributed by atoms with Crippen LogP contribution >= 0.6 is 11.3 Å². The first-order valence-corrected chi connectivity index (χ1v) is 11.2. The normalized spacial score (nSPS) is 11.5. The number of aromatic nitrogens is 2. The van der Waals surface area contributed by atoms with Crippen molar-refractivity contribution < 1.29 is 22.8 Å². The molecule has 11 heteroatoms. The minimum Gasteiger partial charge on any atom is -0.321 e. The molecule has 2 amide bonds. The van der Waals surface area contributed by atoms with Gasteiger partial charge in [-0.1, -0.05) is 29.5 Å². The van der Waals surface area contributed by atoms with Gasteiger partial charge >= 0.3 is 6.18 Å². The number of anilines is 2. The van der Waals surface area contributed by atoms with Crippen molar-refractivity contribution in [1.82, 2.24) is 9.38 Å². The fraction of sp³-hybridized carbons (Fsp3) is 0.167. The van der Waals surface area contributed by atoms with E-state index < -0.39 is 29.1 Å². The maximum Gasteiger partial charge on any atom is 0.416 e. The third-order valence-electron chi connectivity index (χ3n) is 5.37. The molecule has 0 aliphatic carbocycles. The van der Waals surface area contributed by atoms with E-state index in [4.69, 9.17) is 0 Å². The van der Waals surface area contributed by atoms with Gasteiger partial charge in [0, 0.05) is 23.1 Å². The molecule has 0 radical (unpaired) electrons. The van der Waals surface area contributed by atoms with Crippen LogP contribution in [0.15, 0.2) is 53.3 Å². The van der Waals surface area contributed by atoms with Crippen molar-refractivity contribution in [2.75, 3.05) is 10.6 Å². The molecule has 0 unspecified atom stereocenters. The van der Waals surface area contributed by atoms with Crippen LogP contribution in [0.5, 0.6) is 0 Å². The molecule has 180 valence electrons. The van der Waals surface area contributed by atoms with Crippen LogP contribution < -0.4 is 16.2 Å². The number of halogens is 3. The van der Waals surface area contributed by atoms with Crippen molar-refractivity contribution in [2.24, 2.45) is 0 Å². The number of hydrogen-bond acceptors (Lipinski definition) is 5. The quantitative estimate of drug-likeness (QED) is 0.403. The van der Waals surface area contributed by atoms with Gasteiger partial charge in [-0.15, -0.1) is 0 Å². The molecule has 0 atom stereocenters. The van der Waals surface area contributed by atoms with Crippen LogP contribution in [0.4, 0.5) is 24.5 Å². The van der Waals surface area contributed by atoms with E-state index in [0.29, 0.717) is 11.4 Å². The molecular weight excluding hydrogens is 481 g/mol. The van der Waals surface area contributed by atoms with E-state index in [1.807, 2.05) is 19.9 Å². The summed E-state index contributed by atoms with van der Waals surface area (Å²) in [4.78, 5) is 43.4. The second-order valence-corrected chi connectivity index (χ2v) is 8.85. The molecule has 4 aromatic rings. The summed E-state index contributed by atoms with van der Waals surface area (Å²) in [7, 11) is 0. The second kappa shape index (κ2) is 8.99. The Morgan fingerprint density at radius 3 is 2.40 bits per heavy atom. The Hall–Kier alpha value is -3.99. The topological polar surface area (TPSA) is 92.6 Å². The first kappa shape index (κ1) is 24.1. The van der Waals surface area contributed by atoms with Crippen LogP contribution in [0.25, 0.3) is 4.96 Å². The van der Waals surface area contributed by atoms with Crippen LogP contribution in [0.3, 0.4) is 0 Å². The largest absolute Gasteiger partial charge is 0.416 e. The van der Waals surface area contributed by atoms with Gasteiger partial charge in [-0.3, -0.25) is 14.4 Å². The zero-order valence-electron chi connectivity index (χ0n) is 18.8. The van der Waals surface area contributed by atoms with Gasteiger partial charge in [0.05, 0.1) is 5.56 Å². The lowest BCUT2D eigenvalue weighted by Gasteiger charge is -2.12. The fourth-order valence-corrected chi connectivity index (χ4v) is 4.54. The first-order valence-electron chi connectivity index (χ1n) is 10.3. The monoisotopic (exact) mass is 500 g/mol. The highest BCUT2D eigenvalue weighted by molar-refractivity contribution is 7.19. The molecular formula is C24H19F3N4O3S. The Labute approximate surface area is 201 Å². The van der Waals surface area contributed by atoms with Gasteiger partial charge in [-0.2, -0.15) is 13.2 Å². The summed E-state index contributed by atoms with van der Waals surface area (Å²) in [6.45, 7) is 5.30. The molecule has 7 nitrogen and oxygen atoms in total. The molecule has 0 bridgehead atoms. The molecule has 0 fully saturated rings. The Balaban J connectivity index is 1.79. The minimum absolute atomic E-state index is 0.106. The van der Waals surface area contributed by atoms with Crippen LogP contribution in [-0.2, 0) is 6.18 Å². The lowest BCUT2D eigenvalue weighted by molar-refractivity contribution is -0.137. The van der Waals surface area contributed by atoms with E-state index in [0.717, 1.165) is 45.1 Å². The van der Waals surface area contributed by atoms with Crippen LogP contribution in [-0.4, -0.2) is 21.2 Å². The number of rotatable bonds is 4. The molecule has 0 spiro atoms. The molecule has 0 saturated heterocycles. The Kier molecular flexibility index (Phi) is 6.20. The molecule has 2 aromatic carbocycles. The van der Waals surface area contributed by atoms with E-state index >= 15 is 0 Å². The molecule has 4 rings (SSSR count). The highest BCUT2D eigenvalue weighted by Gasteiger charge is 2.31. The summed E-state index contributed by atoms with van der Waals surface area (Å²) in [6.07, 6.45) is -4.61. The van der Waals surface area contributed by atoms with Crippen molar-refractivity contribution in [3.05, 3.63) is 91.8 Å². The number of nitrogens with one attached hydrogen (secondary N) is 2. The molecule has 2 heterocycles. The van der Waals surface area contributed by atoms with Gasteiger partial charge in [0.1, 0.15) is 10.6 Å². The highest BCUT2D eigenvalue weighted by atomic mass is 32.1. The molecule has 2 aromatic heterocycles. The maximum absolute atomic E-state index is 13.2. The van der Waals surface area contributed by atoms with Gasteiger partial charge in [-0.25, -0.2) is 9.38 Å². The lowest BCUT2D eigenvalue weighted by atomic mass is 10.1. The summed E-state index contributed by atoms with van der Waals surface area (Å²) in [6, 6.07) is 10.6. The number of aryl methyl sites for hydroxylation is 2. The van der Waals surface area contributed by atoms with E-state index in [1.165, 1.54) is 12.1 Å². The van der Waals surface area contributed by atoms with Gasteiger partial charge in [0.2, 0.25) is 0 Å². The number of hydrogen-bond donors (Lipinski definition) is 2. The zero-order chi connectivity index (χ0) is 25.5. The summed E-state index contributed by atoms with van der Waals surface area (Å²) >= 11 is 0.835. The molecule has 2 N–H and O–H groups in total. The van der Waals surface area contributed by atoms with Crippen molar-refractivity contribution in [2.45, 2.75) is 26.9 Å². The number of benzene rings is 2. The standard InChI is InChI=1S/C24H19F3N4O3S/c1-12-6-4-9-17(14(12)3)30-22(34)20-19(31-18(32)10-13(2)28-23(31)35-20)21(33)29-16-8-5-7-15(11-16)24(25,26)27/h4-11H,1-3H3,(H,29,33)(H,30,34). The number of carbonyl (C=O) groups is 2. The number of amides is 2. The average molecular weight is 501 g/mol. The van der Waals surface area contributed by atoms with Gasteiger partial charge in [0.25, 0.3) is 17.4 Å². The van der Waals surface area contributed by atoms with Crippen molar-refractivity contribution in [1.29, 1.82) is 0 Å². The Morgan fingerprint density at radius 1 is 0.971 bits per heavy atom. The number of alkyl halides is 3.